The molecule has 3 heterocycles. The number of pyridine rings is 1. The summed E-state index contributed by atoms with van der Waals surface area (Å²) in [5, 5.41) is 3.00. The van der Waals surface area contributed by atoms with E-state index in [1.165, 1.54) is 6.07 Å². The van der Waals surface area contributed by atoms with Crippen molar-refractivity contribution in [2.24, 2.45) is 0 Å². The first-order chi connectivity index (χ1) is 15.9. The van der Waals surface area contributed by atoms with Crippen LogP contribution in [0.1, 0.15) is 28.7 Å². The number of hydrogen-bond acceptors (Lipinski definition) is 3. The third-order valence-corrected chi connectivity index (χ3v) is 5.30. The molecule has 1 atom stereocenters. The normalized spacial score (nSPS) is 12.8. The third kappa shape index (κ3) is 4.30. The van der Waals surface area contributed by atoms with Gasteiger partial charge >= 0.3 is 6.18 Å². The number of carbonyl (C=O) groups is 1. The molecule has 5 rings (SSSR count). The van der Waals surface area contributed by atoms with Gasteiger partial charge in [0.25, 0.3) is 0 Å². The van der Waals surface area contributed by atoms with Crippen LogP contribution in [0.5, 0.6) is 0 Å². The second-order valence-electron chi connectivity index (χ2n) is 7.65. The van der Waals surface area contributed by atoms with E-state index in [1.54, 1.807) is 18.3 Å². The fraction of sp³-hybridized carbons (Fsp3) is 0.125. The zero-order valence-corrected chi connectivity index (χ0v) is 17.2. The van der Waals surface area contributed by atoms with E-state index in [-0.39, 0.29) is 23.4 Å². The Bertz CT molecular complexity index is 1410. The molecular formula is C24H18F3N5O. The number of aromatic nitrogens is 4. The molecule has 5 aromatic rings. The summed E-state index contributed by atoms with van der Waals surface area (Å²) < 4.78 is 41.0. The van der Waals surface area contributed by atoms with Gasteiger partial charge in [-0.3, -0.25) is 4.79 Å². The van der Waals surface area contributed by atoms with Crippen LogP contribution in [0.2, 0.25) is 0 Å². The molecule has 6 nitrogen and oxygen atoms in total. The van der Waals surface area contributed by atoms with Crippen molar-refractivity contribution < 1.29 is 18.0 Å². The first-order valence-electron chi connectivity index (χ1n) is 10.2. The maximum atomic E-state index is 13.0. The molecule has 9 heteroatoms. The fourth-order valence-electron chi connectivity index (χ4n) is 3.79. The van der Waals surface area contributed by atoms with Gasteiger partial charge in [-0.05, 0) is 35.4 Å². The summed E-state index contributed by atoms with van der Waals surface area (Å²) in [5.74, 6) is -1.31. The maximum Gasteiger partial charge on any atom is 0.449 e. The van der Waals surface area contributed by atoms with Crippen LogP contribution in [0.25, 0.3) is 16.7 Å². The number of rotatable bonds is 5. The number of H-pyrrole nitrogens is 1. The number of halogens is 3. The summed E-state index contributed by atoms with van der Waals surface area (Å²) in [6, 6.07) is 19.1. The van der Waals surface area contributed by atoms with Crippen LogP contribution in [0.3, 0.4) is 0 Å². The van der Waals surface area contributed by atoms with E-state index in [2.05, 4.69) is 20.3 Å². The highest BCUT2D eigenvalue weighted by Gasteiger charge is 2.34. The molecule has 0 bridgehead atoms. The lowest BCUT2D eigenvalue weighted by molar-refractivity contribution is -0.144. The minimum Gasteiger partial charge on any atom is -0.345 e. The molecule has 0 saturated carbocycles. The number of carbonyl (C=O) groups excluding carboxylic acids is 1. The first kappa shape index (κ1) is 20.7. The number of aromatic amines is 1. The predicted octanol–water partition coefficient (Wildman–Crippen LogP) is 4.68. The molecule has 3 aromatic heterocycles. The molecule has 0 aliphatic heterocycles. The highest BCUT2D eigenvalue weighted by atomic mass is 19.4. The van der Waals surface area contributed by atoms with Gasteiger partial charge in [-0.25, -0.2) is 9.97 Å². The van der Waals surface area contributed by atoms with Gasteiger partial charge in [0.2, 0.25) is 11.7 Å². The van der Waals surface area contributed by atoms with Gasteiger partial charge in [-0.1, -0.05) is 42.5 Å². The quantitative estimate of drug-likeness (QED) is 0.409. The summed E-state index contributed by atoms with van der Waals surface area (Å²) in [4.78, 5) is 23.3. The molecule has 33 heavy (non-hydrogen) atoms. The number of alkyl halides is 3. The van der Waals surface area contributed by atoms with E-state index >= 15 is 0 Å². The number of nitrogens with zero attached hydrogens (tertiary/aromatic N) is 3. The topological polar surface area (TPSA) is 75.1 Å². The van der Waals surface area contributed by atoms with E-state index in [9.17, 15) is 18.0 Å². The van der Waals surface area contributed by atoms with Gasteiger partial charge in [-0.2, -0.15) is 13.2 Å². The lowest BCUT2D eigenvalue weighted by Crippen LogP contribution is -2.30. The Hall–Kier alpha value is -4.14. The average molecular weight is 449 g/mol. The van der Waals surface area contributed by atoms with Crippen molar-refractivity contribution in [1.29, 1.82) is 0 Å². The summed E-state index contributed by atoms with van der Waals surface area (Å²) in [6.45, 7) is 0. The number of fused-ring (bicyclic) bond motifs is 2. The summed E-state index contributed by atoms with van der Waals surface area (Å²) >= 11 is 0. The highest BCUT2D eigenvalue weighted by Crippen LogP contribution is 2.30. The Kier molecular flexibility index (Phi) is 5.08. The average Bonchev–Trinajstić information content (AvgIpc) is 3.41. The van der Waals surface area contributed by atoms with Crippen molar-refractivity contribution in [3.05, 3.63) is 102 Å². The molecule has 0 radical (unpaired) electrons. The molecule has 0 unspecified atom stereocenters. The number of amides is 1. The van der Waals surface area contributed by atoms with Crippen molar-refractivity contribution >= 4 is 22.6 Å². The van der Waals surface area contributed by atoms with Crippen molar-refractivity contribution in [2.75, 3.05) is 0 Å². The van der Waals surface area contributed by atoms with E-state index < -0.39 is 18.0 Å². The van der Waals surface area contributed by atoms with Gasteiger partial charge in [-0.15, -0.1) is 0 Å². The van der Waals surface area contributed by atoms with Crippen molar-refractivity contribution in [3.63, 3.8) is 0 Å². The number of nitrogens with one attached hydrogen (secondary N) is 2. The largest absolute Gasteiger partial charge is 0.449 e. The molecule has 0 aliphatic carbocycles. The van der Waals surface area contributed by atoms with Crippen molar-refractivity contribution in [1.82, 2.24) is 24.7 Å². The molecule has 166 valence electrons. The molecule has 0 spiro atoms. The van der Waals surface area contributed by atoms with E-state index in [1.807, 2.05) is 59.1 Å². The standard InChI is InChI=1S/C24H18F3N5O/c25-24(26,27)23-29-18-10-9-16(12-19(18)30-23)22(15-6-2-1-3-7-15)31-21(33)13-17-14-32-11-5-4-8-20(32)28-17/h1-12,14,22H,13H2,(H,29,30)(H,31,33)/t22-/m1/s1. The Labute approximate surface area is 186 Å². The minimum absolute atomic E-state index is 0.0650. The van der Waals surface area contributed by atoms with Crippen LogP contribution in [0, 0.1) is 0 Å². The fourth-order valence-corrected chi connectivity index (χ4v) is 3.79. The highest BCUT2D eigenvalue weighted by molar-refractivity contribution is 5.80. The van der Waals surface area contributed by atoms with E-state index in [4.69, 9.17) is 0 Å². The lowest BCUT2D eigenvalue weighted by Gasteiger charge is -2.20. The number of imidazole rings is 2. The third-order valence-electron chi connectivity index (χ3n) is 5.30. The van der Waals surface area contributed by atoms with Crippen molar-refractivity contribution in [2.45, 2.75) is 18.6 Å². The molecular weight excluding hydrogens is 431 g/mol. The maximum absolute atomic E-state index is 13.0. The van der Waals surface area contributed by atoms with Crippen LogP contribution >= 0.6 is 0 Å². The Morgan fingerprint density at radius 2 is 1.79 bits per heavy atom. The second kappa shape index (κ2) is 8.09. The smallest absolute Gasteiger partial charge is 0.345 e. The number of benzene rings is 2. The molecule has 0 aliphatic rings. The van der Waals surface area contributed by atoms with Gasteiger partial charge in [0.1, 0.15) is 5.65 Å². The van der Waals surface area contributed by atoms with Crippen LogP contribution in [-0.4, -0.2) is 25.3 Å². The van der Waals surface area contributed by atoms with E-state index in [0.29, 0.717) is 11.3 Å². The van der Waals surface area contributed by atoms with Gasteiger partial charge in [0.15, 0.2) is 0 Å². The first-order valence-corrected chi connectivity index (χ1v) is 10.2. The number of hydrogen-bond donors (Lipinski definition) is 2. The van der Waals surface area contributed by atoms with Gasteiger partial charge in [0, 0.05) is 12.4 Å². The van der Waals surface area contributed by atoms with Gasteiger partial charge in [0.05, 0.1) is 29.2 Å². The molecule has 0 saturated heterocycles. The minimum atomic E-state index is -4.57. The van der Waals surface area contributed by atoms with Crippen LogP contribution in [0.15, 0.2) is 79.1 Å². The van der Waals surface area contributed by atoms with Crippen LogP contribution in [-0.2, 0) is 17.4 Å². The zero-order chi connectivity index (χ0) is 23.0. The second-order valence-corrected chi connectivity index (χ2v) is 7.65. The SMILES string of the molecule is O=C(Cc1cn2ccccc2n1)N[C@H](c1ccccc1)c1ccc2nc(C(F)(F)F)[nH]c2c1. The Morgan fingerprint density at radius 3 is 2.55 bits per heavy atom. The predicted molar refractivity (Wildman–Crippen MR) is 116 cm³/mol. The molecule has 1 amide bonds. The van der Waals surface area contributed by atoms with Crippen LogP contribution in [0.4, 0.5) is 13.2 Å². The zero-order valence-electron chi connectivity index (χ0n) is 17.2. The molecule has 2 aromatic carbocycles. The molecule has 2 N–H and O–H groups in total. The van der Waals surface area contributed by atoms with Crippen LogP contribution < -0.4 is 5.32 Å². The Balaban J connectivity index is 1.45. The summed E-state index contributed by atoms with van der Waals surface area (Å²) in [5.41, 5.74) is 3.24. The van der Waals surface area contributed by atoms with E-state index in [0.717, 1.165) is 11.2 Å². The van der Waals surface area contributed by atoms with Crippen molar-refractivity contribution in [3.8, 4) is 0 Å². The van der Waals surface area contributed by atoms with Gasteiger partial charge < -0.3 is 14.7 Å². The lowest BCUT2D eigenvalue weighted by atomic mass is 9.98. The Morgan fingerprint density at radius 1 is 1.00 bits per heavy atom. The molecule has 0 fully saturated rings. The monoisotopic (exact) mass is 449 g/mol. The summed E-state index contributed by atoms with van der Waals surface area (Å²) in [7, 11) is 0. The summed E-state index contributed by atoms with van der Waals surface area (Å²) in [6.07, 6.45) is -0.858.